The number of amides is 2. The van der Waals surface area contributed by atoms with E-state index in [1.54, 1.807) is 6.20 Å². The topological polar surface area (TPSA) is 54.0 Å². The number of aromatic nitrogens is 1. The Labute approximate surface area is 106 Å². The third-order valence-electron chi connectivity index (χ3n) is 2.42. The summed E-state index contributed by atoms with van der Waals surface area (Å²) < 4.78 is 0. The summed E-state index contributed by atoms with van der Waals surface area (Å²) >= 11 is 0. The maximum Gasteiger partial charge on any atom is 0.319 e. The van der Waals surface area contributed by atoms with Gasteiger partial charge in [0.05, 0.1) is 0 Å². The van der Waals surface area contributed by atoms with Crippen LogP contribution in [0.2, 0.25) is 0 Å². The fourth-order valence-electron chi connectivity index (χ4n) is 1.55. The van der Waals surface area contributed by atoms with Gasteiger partial charge in [0.15, 0.2) is 0 Å². The van der Waals surface area contributed by atoms with Gasteiger partial charge in [0.1, 0.15) is 0 Å². The Morgan fingerprint density at radius 2 is 1.83 bits per heavy atom. The first-order chi connectivity index (χ1) is 8.84. The highest BCUT2D eigenvalue weighted by molar-refractivity contribution is 5.89. The fraction of sp³-hybridized carbons (Fsp3) is 0.143. The molecule has 1 aromatic carbocycles. The van der Waals surface area contributed by atoms with Gasteiger partial charge < -0.3 is 10.6 Å². The van der Waals surface area contributed by atoms with E-state index < -0.39 is 0 Å². The first kappa shape index (κ1) is 12.1. The molecule has 1 aromatic heterocycles. The van der Waals surface area contributed by atoms with Gasteiger partial charge in [-0.3, -0.25) is 4.98 Å². The molecule has 2 aromatic rings. The van der Waals surface area contributed by atoms with Gasteiger partial charge in [-0.25, -0.2) is 4.79 Å². The number of carbonyl (C=O) groups is 1. The summed E-state index contributed by atoms with van der Waals surface area (Å²) in [6.07, 6.45) is 2.47. The Morgan fingerprint density at radius 3 is 2.56 bits per heavy atom. The standard InChI is InChI=1S/C14H15N3O/c18-14(17-13-7-2-1-3-8-13)16-11-9-12-6-4-5-10-15-12/h1-8,10H,9,11H2,(H2,16,17,18). The Hall–Kier alpha value is -2.36. The van der Waals surface area contributed by atoms with E-state index >= 15 is 0 Å². The zero-order valence-corrected chi connectivity index (χ0v) is 9.97. The second-order valence-corrected chi connectivity index (χ2v) is 3.82. The second-order valence-electron chi connectivity index (χ2n) is 3.82. The smallest absolute Gasteiger partial charge is 0.319 e. The van der Waals surface area contributed by atoms with Crippen LogP contribution in [0.3, 0.4) is 0 Å². The van der Waals surface area contributed by atoms with Gasteiger partial charge in [0.25, 0.3) is 0 Å². The van der Waals surface area contributed by atoms with Crippen LogP contribution in [0.1, 0.15) is 5.69 Å². The lowest BCUT2D eigenvalue weighted by molar-refractivity contribution is 0.252. The van der Waals surface area contributed by atoms with Crippen LogP contribution in [0, 0.1) is 0 Å². The highest BCUT2D eigenvalue weighted by Crippen LogP contribution is 2.04. The number of nitrogens with one attached hydrogen (secondary N) is 2. The largest absolute Gasteiger partial charge is 0.337 e. The number of hydrogen-bond donors (Lipinski definition) is 2. The molecule has 0 spiro atoms. The monoisotopic (exact) mass is 241 g/mol. The van der Waals surface area contributed by atoms with E-state index in [0.717, 1.165) is 17.8 Å². The van der Waals surface area contributed by atoms with Gasteiger partial charge in [0, 0.05) is 30.5 Å². The zero-order chi connectivity index (χ0) is 12.6. The van der Waals surface area contributed by atoms with Crippen LogP contribution in [0.4, 0.5) is 10.5 Å². The predicted molar refractivity (Wildman–Crippen MR) is 71.4 cm³/mol. The molecule has 18 heavy (non-hydrogen) atoms. The van der Waals surface area contributed by atoms with Crippen LogP contribution in [-0.4, -0.2) is 17.6 Å². The molecule has 92 valence electrons. The van der Waals surface area contributed by atoms with Crippen molar-refractivity contribution >= 4 is 11.7 Å². The van der Waals surface area contributed by atoms with Gasteiger partial charge in [-0.2, -0.15) is 0 Å². The van der Waals surface area contributed by atoms with E-state index in [0.29, 0.717) is 6.54 Å². The van der Waals surface area contributed by atoms with Crippen molar-refractivity contribution in [3.8, 4) is 0 Å². The van der Waals surface area contributed by atoms with E-state index in [9.17, 15) is 4.79 Å². The Bertz CT molecular complexity index is 485. The number of para-hydroxylation sites is 1. The normalized spacial score (nSPS) is 9.78. The SMILES string of the molecule is O=C(NCCc1ccccn1)Nc1ccccc1. The van der Waals surface area contributed by atoms with Gasteiger partial charge in [-0.15, -0.1) is 0 Å². The van der Waals surface area contributed by atoms with Crippen molar-refractivity contribution in [3.05, 3.63) is 60.4 Å². The summed E-state index contributed by atoms with van der Waals surface area (Å²) in [6.45, 7) is 0.565. The number of nitrogens with zero attached hydrogens (tertiary/aromatic N) is 1. The molecule has 4 heteroatoms. The molecule has 0 radical (unpaired) electrons. The summed E-state index contributed by atoms with van der Waals surface area (Å²) in [6, 6.07) is 14.9. The molecule has 4 nitrogen and oxygen atoms in total. The number of rotatable bonds is 4. The van der Waals surface area contributed by atoms with E-state index in [4.69, 9.17) is 0 Å². The molecule has 0 atom stereocenters. The van der Waals surface area contributed by atoms with Crippen molar-refractivity contribution in [2.45, 2.75) is 6.42 Å². The lowest BCUT2D eigenvalue weighted by atomic mass is 10.3. The molecule has 1 heterocycles. The van der Waals surface area contributed by atoms with Crippen LogP contribution in [0.5, 0.6) is 0 Å². The van der Waals surface area contributed by atoms with Crippen LogP contribution < -0.4 is 10.6 Å². The number of benzene rings is 1. The lowest BCUT2D eigenvalue weighted by Crippen LogP contribution is -2.30. The van der Waals surface area contributed by atoms with Crippen LogP contribution in [-0.2, 0) is 6.42 Å². The lowest BCUT2D eigenvalue weighted by Gasteiger charge is -2.07. The number of pyridine rings is 1. The molecular formula is C14H15N3O. The molecule has 0 fully saturated rings. The van der Waals surface area contributed by atoms with E-state index in [2.05, 4.69) is 15.6 Å². The highest BCUT2D eigenvalue weighted by atomic mass is 16.2. The minimum Gasteiger partial charge on any atom is -0.337 e. The molecule has 2 amide bonds. The van der Waals surface area contributed by atoms with Crippen molar-refractivity contribution in [1.82, 2.24) is 10.3 Å². The summed E-state index contributed by atoms with van der Waals surface area (Å²) in [5, 5.41) is 5.55. The molecule has 0 bridgehead atoms. The molecular weight excluding hydrogens is 226 g/mol. The maximum absolute atomic E-state index is 11.6. The van der Waals surface area contributed by atoms with Crippen molar-refractivity contribution in [2.24, 2.45) is 0 Å². The fourth-order valence-corrected chi connectivity index (χ4v) is 1.55. The molecule has 0 unspecified atom stereocenters. The molecule has 2 rings (SSSR count). The maximum atomic E-state index is 11.6. The third-order valence-corrected chi connectivity index (χ3v) is 2.42. The molecule has 0 aliphatic heterocycles. The quantitative estimate of drug-likeness (QED) is 0.863. The van der Waals surface area contributed by atoms with Crippen molar-refractivity contribution in [1.29, 1.82) is 0 Å². The first-order valence-corrected chi connectivity index (χ1v) is 5.84. The molecule has 0 aliphatic rings. The Kier molecular flexibility index (Phi) is 4.30. The Morgan fingerprint density at radius 1 is 1.06 bits per heavy atom. The number of hydrogen-bond acceptors (Lipinski definition) is 2. The average molecular weight is 241 g/mol. The minimum atomic E-state index is -0.197. The highest BCUT2D eigenvalue weighted by Gasteiger charge is 2.00. The number of urea groups is 1. The Balaban J connectivity index is 1.73. The summed E-state index contributed by atoms with van der Waals surface area (Å²) in [5.74, 6) is 0. The predicted octanol–water partition coefficient (Wildman–Crippen LogP) is 2.45. The van der Waals surface area contributed by atoms with E-state index in [-0.39, 0.29) is 6.03 Å². The summed E-state index contributed by atoms with van der Waals surface area (Å²) in [7, 11) is 0. The first-order valence-electron chi connectivity index (χ1n) is 5.84. The average Bonchev–Trinajstić information content (AvgIpc) is 2.41. The van der Waals surface area contributed by atoms with Gasteiger partial charge in [-0.05, 0) is 24.3 Å². The van der Waals surface area contributed by atoms with Gasteiger partial charge >= 0.3 is 6.03 Å². The van der Waals surface area contributed by atoms with E-state index in [1.807, 2.05) is 48.5 Å². The van der Waals surface area contributed by atoms with Crippen molar-refractivity contribution in [2.75, 3.05) is 11.9 Å². The van der Waals surface area contributed by atoms with Crippen LogP contribution in [0.25, 0.3) is 0 Å². The van der Waals surface area contributed by atoms with Gasteiger partial charge in [0.2, 0.25) is 0 Å². The second kappa shape index (κ2) is 6.39. The van der Waals surface area contributed by atoms with Crippen molar-refractivity contribution in [3.63, 3.8) is 0 Å². The zero-order valence-electron chi connectivity index (χ0n) is 9.97. The molecule has 2 N–H and O–H groups in total. The molecule has 0 aliphatic carbocycles. The van der Waals surface area contributed by atoms with Gasteiger partial charge in [-0.1, -0.05) is 24.3 Å². The van der Waals surface area contributed by atoms with Crippen LogP contribution in [0.15, 0.2) is 54.7 Å². The number of carbonyl (C=O) groups excluding carboxylic acids is 1. The minimum absolute atomic E-state index is 0.197. The summed E-state index contributed by atoms with van der Waals surface area (Å²) in [5.41, 5.74) is 1.75. The van der Waals surface area contributed by atoms with E-state index in [1.165, 1.54) is 0 Å². The molecule has 0 saturated heterocycles. The molecule has 0 saturated carbocycles. The third kappa shape index (κ3) is 3.90. The summed E-state index contributed by atoms with van der Waals surface area (Å²) in [4.78, 5) is 15.7. The van der Waals surface area contributed by atoms with Crippen LogP contribution >= 0.6 is 0 Å². The number of anilines is 1. The van der Waals surface area contributed by atoms with Crippen molar-refractivity contribution < 1.29 is 4.79 Å².